The van der Waals surface area contributed by atoms with E-state index in [0.717, 1.165) is 18.8 Å². The van der Waals surface area contributed by atoms with Crippen molar-refractivity contribution in [3.8, 4) is 0 Å². The van der Waals surface area contributed by atoms with Crippen LogP contribution < -0.4 is 0 Å². The van der Waals surface area contributed by atoms with Crippen LogP contribution in [0.3, 0.4) is 0 Å². The summed E-state index contributed by atoms with van der Waals surface area (Å²) in [6, 6.07) is 8.77. The van der Waals surface area contributed by atoms with Gasteiger partial charge in [0.1, 0.15) is 0 Å². The molecule has 1 aromatic carbocycles. The van der Waals surface area contributed by atoms with Gasteiger partial charge in [-0.25, -0.2) is 4.79 Å². The van der Waals surface area contributed by atoms with Crippen molar-refractivity contribution < 1.29 is 28.6 Å². The minimum absolute atomic E-state index is 0.00712. The van der Waals surface area contributed by atoms with Crippen molar-refractivity contribution in [2.24, 2.45) is 11.3 Å². The number of esters is 3. The summed E-state index contributed by atoms with van der Waals surface area (Å²) >= 11 is 0. The van der Waals surface area contributed by atoms with Crippen molar-refractivity contribution in [3.63, 3.8) is 0 Å². The molecule has 28 heavy (non-hydrogen) atoms. The van der Waals surface area contributed by atoms with Crippen molar-refractivity contribution in [1.82, 2.24) is 0 Å². The van der Waals surface area contributed by atoms with Crippen molar-refractivity contribution >= 4 is 17.9 Å². The summed E-state index contributed by atoms with van der Waals surface area (Å²) in [5, 5.41) is 0. The number of benzene rings is 1. The number of rotatable bonds is 9. The zero-order valence-electron chi connectivity index (χ0n) is 16.7. The SMILES string of the molecule is C=COC(=O)CCC(C)C(C)(C)C(=O)OC=C.C=COC(=O)c1ccccc1. The molecule has 0 amide bonds. The van der Waals surface area contributed by atoms with E-state index >= 15 is 0 Å². The second-order valence-electron chi connectivity index (χ2n) is 6.33. The highest BCUT2D eigenvalue weighted by atomic mass is 16.5. The van der Waals surface area contributed by atoms with E-state index in [1.165, 1.54) is 0 Å². The van der Waals surface area contributed by atoms with Crippen LogP contribution in [-0.4, -0.2) is 17.9 Å². The van der Waals surface area contributed by atoms with Gasteiger partial charge in [-0.05, 0) is 38.3 Å². The summed E-state index contributed by atoms with van der Waals surface area (Å²) in [6.45, 7) is 15.4. The standard InChI is InChI=1S/C13H20O4.C9H8O2/c1-6-16-11(14)9-8-10(3)13(4,5)12(15)17-7-2;1-2-11-9(10)8-6-4-3-5-7-8/h6-7,10H,1-2,8-9H2,3-5H3;2-7H,1H2. The molecule has 0 aliphatic carbocycles. The molecule has 0 radical (unpaired) electrons. The second kappa shape index (κ2) is 13.1. The van der Waals surface area contributed by atoms with Gasteiger partial charge in [0, 0.05) is 6.42 Å². The Hall–Kier alpha value is -3.15. The second-order valence-corrected chi connectivity index (χ2v) is 6.33. The summed E-state index contributed by atoms with van der Waals surface area (Å²) in [6.07, 6.45) is 4.13. The molecule has 0 saturated carbocycles. The van der Waals surface area contributed by atoms with Crippen LogP contribution >= 0.6 is 0 Å². The first-order valence-electron chi connectivity index (χ1n) is 8.70. The lowest BCUT2D eigenvalue weighted by molar-refractivity contribution is -0.151. The van der Waals surface area contributed by atoms with E-state index in [-0.39, 0.29) is 30.2 Å². The fourth-order valence-corrected chi connectivity index (χ4v) is 1.99. The molecule has 152 valence electrons. The van der Waals surface area contributed by atoms with E-state index in [4.69, 9.17) is 4.74 Å². The zero-order valence-corrected chi connectivity index (χ0v) is 16.7. The van der Waals surface area contributed by atoms with Crippen LogP contribution in [0.2, 0.25) is 0 Å². The van der Waals surface area contributed by atoms with Gasteiger partial charge >= 0.3 is 17.9 Å². The number of carbonyl (C=O) groups excluding carboxylic acids is 3. The Balaban J connectivity index is 0.000000567. The average molecular weight is 388 g/mol. The van der Waals surface area contributed by atoms with Gasteiger partial charge in [-0.2, -0.15) is 0 Å². The first-order chi connectivity index (χ1) is 13.2. The highest BCUT2D eigenvalue weighted by molar-refractivity contribution is 5.89. The Morgan fingerprint density at radius 2 is 1.50 bits per heavy atom. The number of hydrogen-bond donors (Lipinski definition) is 0. The third-order valence-electron chi connectivity index (χ3n) is 4.14. The first kappa shape index (κ1) is 24.8. The fourth-order valence-electron chi connectivity index (χ4n) is 1.99. The molecule has 0 aliphatic heterocycles. The molecule has 0 aliphatic rings. The molecule has 1 aromatic rings. The van der Waals surface area contributed by atoms with Crippen LogP contribution in [0.1, 0.15) is 44.0 Å². The molecule has 0 aromatic heterocycles. The van der Waals surface area contributed by atoms with E-state index in [2.05, 4.69) is 29.2 Å². The van der Waals surface area contributed by atoms with Gasteiger partial charge in [0.2, 0.25) is 0 Å². The maximum atomic E-state index is 11.7. The Bertz CT molecular complexity index is 676. The molecule has 0 saturated heterocycles. The highest BCUT2D eigenvalue weighted by Gasteiger charge is 2.35. The summed E-state index contributed by atoms with van der Waals surface area (Å²) < 4.78 is 13.9. The van der Waals surface area contributed by atoms with Gasteiger partial charge in [-0.3, -0.25) is 9.59 Å². The lowest BCUT2D eigenvalue weighted by Crippen LogP contribution is -2.32. The van der Waals surface area contributed by atoms with Crippen molar-refractivity contribution in [2.75, 3.05) is 0 Å². The molecule has 0 spiro atoms. The van der Waals surface area contributed by atoms with Gasteiger partial charge in [0.15, 0.2) is 0 Å². The monoisotopic (exact) mass is 388 g/mol. The summed E-state index contributed by atoms with van der Waals surface area (Å²) in [5.74, 6) is -1.08. The largest absolute Gasteiger partial charge is 0.435 e. The van der Waals surface area contributed by atoms with Crippen molar-refractivity contribution in [2.45, 2.75) is 33.6 Å². The highest BCUT2D eigenvalue weighted by Crippen LogP contribution is 2.31. The van der Waals surface area contributed by atoms with Crippen LogP contribution in [0.5, 0.6) is 0 Å². The zero-order chi connectivity index (χ0) is 21.6. The predicted molar refractivity (Wildman–Crippen MR) is 107 cm³/mol. The molecular formula is C22H28O6. The Morgan fingerprint density at radius 3 is 2.00 bits per heavy atom. The summed E-state index contributed by atoms with van der Waals surface area (Å²) in [4.78, 5) is 33.7. The molecule has 6 nitrogen and oxygen atoms in total. The molecule has 0 bridgehead atoms. The van der Waals surface area contributed by atoms with E-state index in [1.54, 1.807) is 38.1 Å². The van der Waals surface area contributed by atoms with Crippen LogP contribution in [-0.2, 0) is 23.8 Å². The molecule has 1 rings (SSSR count). The van der Waals surface area contributed by atoms with Gasteiger partial charge in [-0.15, -0.1) is 0 Å². The number of carbonyl (C=O) groups is 3. The summed E-state index contributed by atoms with van der Waals surface area (Å²) in [5.41, 5.74) is -0.129. The summed E-state index contributed by atoms with van der Waals surface area (Å²) in [7, 11) is 0. The third-order valence-corrected chi connectivity index (χ3v) is 4.14. The average Bonchev–Trinajstić information content (AvgIpc) is 2.67. The van der Waals surface area contributed by atoms with Crippen LogP contribution in [0.15, 0.2) is 68.9 Å². The van der Waals surface area contributed by atoms with Crippen LogP contribution in [0.25, 0.3) is 0 Å². The maximum Gasteiger partial charge on any atom is 0.342 e. The lowest BCUT2D eigenvalue weighted by Gasteiger charge is -2.28. The van der Waals surface area contributed by atoms with Crippen molar-refractivity contribution in [3.05, 3.63) is 74.4 Å². The van der Waals surface area contributed by atoms with Gasteiger partial charge in [-0.1, -0.05) is 44.9 Å². The minimum atomic E-state index is -0.664. The Morgan fingerprint density at radius 1 is 0.964 bits per heavy atom. The maximum absolute atomic E-state index is 11.7. The lowest BCUT2D eigenvalue weighted by atomic mass is 9.77. The van der Waals surface area contributed by atoms with E-state index in [0.29, 0.717) is 12.0 Å². The molecule has 0 heterocycles. The third kappa shape index (κ3) is 8.98. The van der Waals surface area contributed by atoms with Gasteiger partial charge in [0.05, 0.1) is 29.8 Å². The molecule has 0 fully saturated rings. The van der Waals surface area contributed by atoms with Crippen LogP contribution in [0, 0.1) is 11.3 Å². The molecule has 0 N–H and O–H groups in total. The van der Waals surface area contributed by atoms with E-state index in [1.807, 2.05) is 13.0 Å². The topological polar surface area (TPSA) is 78.9 Å². The molecule has 6 heteroatoms. The molecule has 1 unspecified atom stereocenters. The normalized spacial score (nSPS) is 11.0. The predicted octanol–water partition coefficient (Wildman–Crippen LogP) is 4.79. The van der Waals surface area contributed by atoms with Gasteiger partial charge in [0.25, 0.3) is 0 Å². The first-order valence-corrected chi connectivity index (χ1v) is 8.70. The van der Waals surface area contributed by atoms with E-state index in [9.17, 15) is 14.4 Å². The number of hydrogen-bond acceptors (Lipinski definition) is 6. The molecular weight excluding hydrogens is 360 g/mol. The van der Waals surface area contributed by atoms with Gasteiger partial charge < -0.3 is 14.2 Å². The molecule has 1 atom stereocenters. The quantitative estimate of drug-likeness (QED) is 0.344. The smallest absolute Gasteiger partial charge is 0.342 e. The fraction of sp³-hybridized carbons (Fsp3) is 0.318. The Kier molecular flexibility index (Phi) is 11.6. The van der Waals surface area contributed by atoms with Crippen LogP contribution in [0.4, 0.5) is 0 Å². The van der Waals surface area contributed by atoms with E-state index < -0.39 is 5.41 Å². The minimum Gasteiger partial charge on any atom is -0.435 e. The van der Waals surface area contributed by atoms with Crippen molar-refractivity contribution in [1.29, 1.82) is 0 Å². The Labute approximate surface area is 166 Å². The number of ether oxygens (including phenoxy) is 3.